The molecule has 0 spiro atoms. The molecule has 9 heteroatoms. The number of aromatic nitrogens is 1. The maximum Gasteiger partial charge on any atom is 0.306 e. The maximum atomic E-state index is 15.2. The monoisotopic (exact) mass is 585 g/mol. The van der Waals surface area contributed by atoms with Crippen LogP contribution in [0.2, 0.25) is 0 Å². The van der Waals surface area contributed by atoms with Crippen molar-refractivity contribution in [3.8, 4) is 5.88 Å². The second kappa shape index (κ2) is 11.4. The lowest BCUT2D eigenvalue weighted by molar-refractivity contribution is -0.146. The quantitative estimate of drug-likeness (QED) is 0.361. The summed E-state index contributed by atoms with van der Waals surface area (Å²) in [5.74, 6) is -1.37. The summed E-state index contributed by atoms with van der Waals surface area (Å²) < 4.78 is 25.9. The van der Waals surface area contributed by atoms with Crippen molar-refractivity contribution in [1.82, 2.24) is 9.88 Å². The second-order valence-corrected chi connectivity index (χ2v) is 12.4. The Morgan fingerprint density at radius 1 is 1.09 bits per heavy atom. The van der Waals surface area contributed by atoms with Gasteiger partial charge in [0.1, 0.15) is 18.5 Å². The first kappa shape index (κ1) is 28.8. The van der Waals surface area contributed by atoms with Crippen LogP contribution in [-0.2, 0) is 44.0 Å². The minimum Gasteiger partial charge on any atom is -0.481 e. The molecule has 224 valence electrons. The van der Waals surface area contributed by atoms with Crippen molar-refractivity contribution in [1.29, 1.82) is 0 Å². The summed E-state index contributed by atoms with van der Waals surface area (Å²) >= 11 is 0. The number of amides is 2. The minimum atomic E-state index is -0.950. The van der Waals surface area contributed by atoms with Gasteiger partial charge in [-0.3, -0.25) is 14.4 Å². The third kappa shape index (κ3) is 5.85. The van der Waals surface area contributed by atoms with Crippen molar-refractivity contribution in [3.05, 3.63) is 88.4 Å². The molecule has 1 aliphatic heterocycles. The second-order valence-electron chi connectivity index (χ2n) is 12.4. The van der Waals surface area contributed by atoms with Gasteiger partial charge in [-0.05, 0) is 65.5 Å². The number of hydrogen-bond donors (Lipinski definition) is 1. The van der Waals surface area contributed by atoms with E-state index < -0.39 is 11.9 Å². The van der Waals surface area contributed by atoms with E-state index in [2.05, 4.69) is 10.3 Å². The predicted octanol–water partition coefficient (Wildman–Crippen LogP) is 5.29. The molecule has 2 heterocycles. The summed E-state index contributed by atoms with van der Waals surface area (Å²) in [6, 6.07) is 15.1. The highest BCUT2D eigenvalue weighted by molar-refractivity contribution is 5.99. The van der Waals surface area contributed by atoms with Gasteiger partial charge in [0.2, 0.25) is 11.8 Å². The van der Waals surface area contributed by atoms with Gasteiger partial charge in [0.25, 0.3) is 5.91 Å². The molecule has 0 bridgehead atoms. The summed E-state index contributed by atoms with van der Waals surface area (Å²) in [4.78, 5) is 46.3. The molecular weight excluding hydrogens is 549 g/mol. The molecule has 0 radical (unpaired) electrons. The number of aryl methyl sites for hydroxylation is 1. The number of anilines is 1. The molecule has 8 nitrogen and oxygen atoms in total. The Bertz CT molecular complexity index is 1570. The van der Waals surface area contributed by atoms with Crippen LogP contribution in [-0.4, -0.2) is 41.3 Å². The zero-order chi connectivity index (χ0) is 30.3. The van der Waals surface area contributed by atoms with Crippen LogP contribution in [0.4, 0.5) is 10.1 Å². The smallest absolute Gasteiger partial charge is 0.306 e. The molecule has 6 rings (SSSR count). The van der Waals surface area contributed by atoms with Crippen molar-refractivity contribution in [2.75, 3.05) is 19.0 Å². The Morgan fingerprint density at radius 2 is 1.88 bits per heavy atom. The number of nitrogens with one attached hydrogen (secondary N) is 1. The lowest BCUT2D eigenvalue weighted by Gasteiger charge is -2.36. The van der Waals surface area contributed by atoms with Crippen LogP contribution < -0.4 is 10.1 Å². The first-order chi connectivity index (χ1) is 20.6. The molecule has 0 saturated heterocycles. The van der Waals surface area contributed by atoms with Gasteiger partial charge in [-0.2, -0.15) is 0 Å². The molecule has 2 aliphatic carbocycles. The topological polar surface area (TPSA) is 97.8 Å². The van der Waals surface area contributed by atoms with E-state index in [1.807, 2.05) is 50.2 Å². The number of carbonyl (C=O) groups is 3. The van der Waals surface area contributed by atoms with Crippen LogP contribution in [0.15, 0.2) is 54.6 Å². The third-order valence-electron chi connectivity index (χ3n) is 8.97. The Morgan fingerprint density at radius 3 is 2.65 bits per heavy atom. The number of carbonyl (C=O) groups excluding carboxylic acids is 3. The minimum absolute atomic E-state index is 0.135. The predicted molar refractivity (Wildman–Crippen MR) is 158 cm³/mol. The lowest BCUT2D eigenvalue weighted by Crippen LogP contribution is -2.46. The van der Waals surface area contributed by atoms with Crippen LogP contribution in [0.25, 0.3) is 0 Å². The fourth-order valence-corrected chi connectivity index (χ4v) is 6.57. The molecule has 3 aromatic rings. The number of hydrogen-bond acceptors (Lipinski definition) is 6. The average molecular weight is 586 g/mol. The zero-order valence-corrected chi connectivity index (χ0v) is 24.7. The highest BCUT2D eigenvalue weighted by Crippen LogP contribution is 2.45. The number of benzene rings is 2. The van der Waals surface area contributed by atoms with Gasteiger partial charge in [0.15, 0.2) is 0 Å². The third-order valence-corrected chi connectivity index (χ3v) is 8.97. The van der Waals surface area contributed by atoms with Gasteiger partial charge in [-0.15, -0.1) is 0 Å². The molecule has 43 heavy (non-hydrogen) atoms. The first-order valence-electron chi connectivity index (χ1n) is 14.8. The number of esters is 1. The van der Waals surface area contributed by atoms with Crippen LogP contribution >= 0.6 is 0 Å². The van der Waals surface area contributed by atoms with Gasteiger partial charge >= 0.3 is 5.97 Å². The number of nitrogens with zero attached hydrogens (tertiary/aromatic N) is 2. The highest BCUT2D eigenvalue weighted by Gasteiger charge is 2.49. The average Bonchev–Trinajstić information content (AvgIpc) is 3.69. The van der Waals surface area contributed by atoms with Gasteiger partial charge in [-0.25, -0.2) is 9.37 Å². The van der Waals surface area contributed by atoms with Crippen molar-refractivity contribution in [3.63, 3.8) is 0 Å². The summed E-state index contributed by atoms with van der Waals surface area (Å²) in [5, 5.41) is 2.89. The van der Waals surface area contributed by atoms with E-state index >= 15 is 4.39 Å². The largest absolute Gasteiger partial charge is 0.481 e. The maximum absolute atomic E-state index is 15.2. The first-order valence-corrected chi connectivity index (χ1v) is 14.8. The van der Waals surface area contributed by atoms with Crippen molar-refractivity contribution in [2.45, 2.75) is 64.0 Å². The van der Waals surface area contributed by atoms with Crippen molar-refractivity contribution < 1.29 is 28.2 Å². The fraction of sp³-hybridized carbons (Fsp3) is 0.412. The molecule has 1 aromatic heterocycles. The number of rotatable bonds is 8. The van der Waals surface area contributed by atoms with Crippen LogP contribution in [0.3, 0.4) is 0 Å². The molecule has 2 amide bonds. The van der Waals surface area contributed by atoms with Gasteiger partial charge < -0.3 is 19.7 Å². The van der Waals surface area contributed by atoms with E-state index in [4.69, 9.17) is 9.47 Å². The van der Waals surface area contributed by atoms with E-state index in [0.717, 1.165) is 24.0 Å². The van der Waals surface area contributed by atoms with Crippen LogP contribution in [0.5, 0.6) is 5.88 Å². The van der Waals surface area contributed by atoms with E-state index in [1.54, 1.807) is 17.0 Å². The molecule has 1 saturated carbocycles. The number of methoxy groups -OCH3 is 1. The van der Waals surface area contributed by atoms with E-state index in [-0.39, 0.29) is 48.0 Å². The van der Waals surface area contributed by atoms with Crippen molar-refractivity contribution >= 4 is 23.5 Å². The Kier molecular flexibility index (Phi) is 7.66. The molecule has 1 fully saturated rings. The van der Waals surface area contributed by atoms with Gasteiger partial charge in [0, 0.05) is 42.6 Å². The Hall–Kier alpha value is -4.27. The van der Waals surface area contributed by atoms with Crippen molar-refractivity contribution in [2.24, 2.45) is 11.8 Å². The van der Waals surface area contributed by atoms with E-state index in [9.17, 15) is 14.4 Å². The van der Waals surface area contributed by atoms with Crippen LogP contribution in [0, 0.1) is 17.7 Å². The summed E-state index contributed by atoms with van der Waals surface area (Å²) in [6.45, 7) is 4.53. The summed E-state index contributed by atoms with van der Waals surface area (Å²) in [5.41, 5.74) is 3.89. The van der Waals surface area contributed by atoms with E-state index in [1.165, 1.54) is 13.2 Å². The van der Waals surface area contributed by atoms with Crippen LogP contribution in [0.1, 0.15) is 67.1 Å². The number of halogens is 1. The normalized spacial score (nSPS) is 21.4. The molecule has 1 N–H and O–H groups in total. The van der Waals surface area contributed by atoms with Gasteiger partial charge in [0.05, 0.1) is 12.8 Å². The fourth-order valence-electron chi connectivity index (χ4n) is 6.57. The standard InChI is InChI=1S/C34H36FN3O5/c1-34(2)13-11-21-15-23(18-26(35)30(21)34)36-32(40)31-24-9-10-28(42-3)37-27(24)12-14-38(31)33(41)25-16-22(25)17-29(39)43-19-20-7-5-4-6-8-20/h4-10,15,18,22,25,31H,11-14,16-17,19H2,1-3H3,(H,36,40)/t22-,25+,31-/m1/s1. The van der Waals surface area contributed by atoms with Gasteiger partial charge in [-0.1, -0.05) is 44.2 Å². The lowest BCUT2D eigenvalue weighted by atomic mass is 9.86. The summed E-state index contributed by atoms with van der Waals surface area (Å²) in [7, 11) is 1.53. The SMILES string of the molecule is COc1ccc2c(n1)CCN(C(=O)[C@H]1C[C@@H]1CC(=O)OCc1ccccc1)[C@H]2C(=O)Nc1cc(F)c2c(c1)CCC2(C)C. The number of pyridine rings is 1. The highest BCUT2D eigenvalue weighted by atomic mass is 19.1. The number of fused-ring (bicyclic) bond motifs is 2. The Balaban J connectivity index is 1.19. The zero-order valence-electron chi connectivity index (χ0n) is 24.7. The molecular formula is C34H36FN3O5. The molecule has 3 aliphatic rings. The van der Waals surface area contributed by atoms with E-state index in [0.29, 0.717) is 47.8 Å². The molecule has 2 aromatic carbocycles. The number of ether oxygens (including phenoxy) is 2. The molecule has 3 atom stereocenters. The molecule has 0 unspecified atom stereocenters. The summed E-state index contributed by atoms with van der Waals surface area (Å²) in [6.07, 6.45) is 2.74. The Labute approximate surface area is 250 Å².